The van der Waals surface area contributed by atoms with Gasteiger partial charge >= 0.3 is 5.97 Å². The average molecular weight is 403 g/mol. The molecule has 1 N–H and O–H groups in total. The first-order valence-corrected chi connectivity index (χ1v) is 11.1. The summed E-state index contributed by atoms with van der Waals surface area (Å²) in [6, 6.07) is 0. The van der Waals surface area contributed by atoms with Gasteiger partial charge in [-0.25, -0.2) is 4.79 Å². The molecule has 2 aliphatic carbocycles. The topological polar surface area (TPSA) is 55.8 Å². The highest BCUT2D eigenvalue weighted by Gasteiger charge is 2.58. The lowest BCUT2D eigenvalue weighted by atomic mass is 9.46. The second-order valence-corrected chi connectivity index (χ2v) is 9.79. The van der Waals surface area contributed by atoms with Gasteiger partial charge in [-0.1, -0.05) is 38.2 Å². The van der Waals surface area contributed by atoms with E-state index in [0.717, 1.165) is 51.7 Å². The number of ether oxygens (including phenoxy) is 2. The van der Waals surface area contributed by atoms with Crippen molar-refractivity contribution >= 4 is 5.97 Å². The Labute approximate surface area is 176 Å². The van der Waals surface area contributed by atoms with Crippen molar-refractivity contribution in [3.63, 3.8) is 0 Å². The van der Waals surface area contributed by atoms with Crippen LogP contribution in [0.1, 0.15) is 66.2 Å². The second kappa shape index (κ2) is 8.77. The maximum atomic E-state index is 12.4. The van der Waals surface area contributed by atoms with Gasteiger partial charge in [0.25, 0.3) is 0 Å². The molecule has 3 rings (SSSR count). The number of aliphatic hydroxyl groups is 1. The Balaban J connectivity index is 1.82. The van der Waals surface area contributed by atoms with Crippen molar-refractivity contribution in [2.75, 3.05) is 19.8 Å². The van der Waals surface area contributed by atoms with Gasteiger partial charge in [0.15, 0.2) is 0 Å². The van der Waals surface area contributed by atoms with Crippen LogP contribution >= 0.6 is 0 Å². The van der Waals surface area contributed by atoms with Crippen molar-refractivity contribution in [1.82, 2.24) is 0 Å². The van der Waals surface area contributed by atoms with E-state index in [0.29, 0.717) is 17.4 Å². The molecule has 1 heterocycles. The van der Waals surface area contributed by atoms with Gasteiger partial charge in [-0.15, -0.1) is 0 Å². The Morgan fingerprint density at radius 2 is 2.17 bits per heavy atom. The summed E-state index contributed by atoms with van der Waals surface area (Å²) in [5, 5.41) is 10.5. The maximum absolute atomic E-state index is 12.4. The van der Waals surface area contributed by atoms with Crippen molar-refractivity contribution in [2.45, 2.75) is 72.3 Å². The number of fused-ring (bicyclic) bond motifs is 1. The van der Waals surface area contributed by atoms with Crippen molar-refractivity contribution in [3.05, 3.63) is 35.5 Å². The van der Waals surface area contributed by atoms with Gasteiger partial charge < -0.3 is 14.6 Å². The standard InChI is InChI=1S/C25H38O4/c1-6-17(2)23(27)29-22-11-13-24(4)20(9-8-19-12-14-28-15-19)18(3)7-10-21(24)25(22,5)16-26/h6,12,20-22,26H,3,7-11,13-16H2,1-2,4-5H3/b17-6-/t20-,21+,22-,24+,25-/m1/s1. The number of hydrogen-bond donors (Lipinski definition) is 1. The zero-order valence-electron chi connectivity index (χ0n) is 18.6. The van der Waals surface area contributed by atoms with E-state index in [2.05, 4.69) is 26.5 Å². The van der Waals surface area contributed by atoms with Crippen molar-refractivity contribution in [1.29, 1.82) is 0 Å². The molecule has 2 fully saturated rings. The Kier molecular flexibility index (Phi) is 6.74. The van der Waals surface area contributed by atoms with E-state index in [1.54, 1.807) is 13.0 Å². The number of aliphatic hydroxyl groups excluding tert-OH is 1. The fourth-order valence-electron chi connectivity index (χ4n) is 6.18. The third-order valence-electron chi connectivity index (χ3n) is 8.19. The highest BCUT2D eigenvalue weighted by atomic mass is 16.5. The van der Waals surface area contributed by atoms with Crippen LogP contribution in [0.25, 0.3) is 0 Å². The van der Waals surface area contributed by atoms with Crippen molar-refractivity contribution in [2.24, 2.45) is 22.7 Å². The summed E-state index contributed by atoms with van der Waals surface area (Å²) in [6.07, 6.45) is 9.69. The molecule has 0 unspecified atom stereocenters. The normalized spacial score (nSPS) is 37.8. The molecule has 0 saturated heterocycles. The predicted molar refractivity (Wildman–Crippen MR) is 115 cm³/mol. The largest absolute Gasteiger partial charge is 0.458 e. The third kappa shape index (κ3) is 4.11. The maximum Gasteiger partial charge on any atom is 0.333 e. The van der Waals surface area contributed by atoms with Gasteiger partial charge in [0, 0.05) is 11.0 Å². The molecule has 0 amide bonds. The van der Waals surface area contributed by atoms with Crippen LogP contribution in [0.4, 0.5) is 0 Å². The summed E-state index contributed by atoms with van der Waals surface area (Å²) in [6.45, 7) is 14.1. The van der Waals surface area contributed by atoms with E-state index in [9.17, 15) is 9.90 Å². The summed E-state index contributed by atoms with van der Waals surface area (Å²) in [5.41, 5.74) is 3.03. The molecular formula is C25H38O4. The summed E-state index contributed by atoms with van der Waals surface area (Å²) in [4.78, 5) is 12.4. The molecule has 4 heteroatoms. The molecule has 0 aromatic rings. The molecule has 0 aromatic carbocycles. The third-order valence-corrected chi connectivity index (χ3v) is 8.19. The Morgan fingerprint density at radius 1 is 1.41 bits per heavy atom. The SMILES string of the molecule is C=C1CC[C@H]2[C@@](C)(CC[C@@H](OC(=O)/C(C)=C\C)[C@]2(C)CO)[C@@H]1CCC1=CCOC1. The van der Waals surface area contributed by atoms with Crippen molar-refractivity contribution in [3.8, 4) is 0 Å². The molecule has 1 aliphatic heterocycles. The van der Waals surface area contributed by atoms with Gasteiger partial charge in [0.2, 0.25) is 0 Å². The number of esters is 1. The van der Waals surface area contributed by atoms with Gasteiger partial charge in [-0.3, -0.25) is 0 Å². The lowest BCUT2D eigenvalue weighted by Gasteiger charge is -2.60. The summed E-state index contributed by atoms with van der Waals surface area (Å²) < 4.78 is 11.4. The fraction of sp³-hybridized carbons (Fsp3) is 0.720. The molecular weight excluding hydrogens is 364 g/mol. The van der Waals surface area contributed by atoms with E-state index >= 15 is 0 Å². The fourth-order valence-corrected chi connectivity index (χ4v) is 6.18. The zero-order valence-corrected chi connectivity index (χ0v) is 18.6. The number of carbonyl (C=O) groups excluding carboxylic acids is 1. The molecule has 0 radical (unpaired) electrons. The Bertz CT molecular complexity index is 706. The Hall–Kier alpha value is -1.39. The lowest BCUT2D eigenvalue weighted by Crippen LogP contribution is -2.58. The van der Waals surface area contributed by atoms with Crippen LogP contribution < -0.4 is 0 Å². The van der Waals surface area contributed by atoms with Gasteiger partial charge in [0.1, 0.15) is 6.10 Å². The van der Waals surface area contributed by atoms with E-state index < -0.39 is 5.41 Å². The van der Waals surface area contributed by atoms with Gasteiger partial charge in [0.05, 0.1) is 19.8 Å². The molecule has 0 spiro atoms. The first-order chi connectivity index (χ1) is 13.8. The monoisotopic (exact) mass is 402 g/mol. The summed E-state index contributed by atoms with van der Waals surface area (Å²) in [7, 11) is 0. The van der Waals surface area contributed by atoms with Gasteiger partial charge in [-0.05, 0) is 75.2 Å². The van der Waals surface area contributed by atoms with Crippen LogP contribution in [-0.4, -0.2) is 37.0 Å². The molecule has 0 aromatic heterocycles. The van der Waals surface area contributed by atoms with Crippen LogP contribution in [0.3, 0.4) is 0 Å². The predicted octanol–water partition coefficient (Wildman–Crippen LogP) is 4.98. The van der Waals surface area contributed by atoms with Gasteiger partial charge in [-0.2, -0.15) is 0 Å². The van der Waals surface area contributed by atoms with Crippen LogP contribution in [0.5, 0.6) is 0 Å². The Morgan fingerprint density at radius 3 is 2.79 bits per heavy atom. The highest BCUT2D eigenvalue weighted by molar-refractivity contribution is 5.87. The molecule has 0 bridgehead atoms. The number of rotatable bonds is 6. The molecule has 29 heavy (non-hydrogen) atoms. The van der Waals surface area contributed by atoms with Crippen LogP contribution in [0.15, 0.2) is 35.5 Å². The number of carbonyl (C=O) groups is 1. The van der Waals surface area contributed by atoms with Crippen molar-refractivity contribution < 1.29 is 19.4 Å². The quantitative estimate of drug-likeness (QED) is 0.387. The molecule has 3 aliphatic rings. The second-order valence-electron chi connectivity index (χ2n) is 9.79. The van der Waals surface area contributed by atoms with Crippen LogP contribution in [0, 0.1) is 22.7 Å². The lowest BCUT2D eigenvalue weighted by molar-refractivity contribution is -0.184. The number of hydrogen-bond acceptors (Lipinski definition) is 4. The van der Waals surface area contributed by atoms with E-state index in [1.807, 2.05) is 6.92 Å². The first kappa shape index (κ1) is 22.3. The smallest absolute Gasteiger partial charge is 0.333 e. The van der Waals surface area contributed by atoms with Crippen LogP contribution in [0.2, 0.25) is 0 Å². The number of allylic oxidation sites excluding steroid dienone is 2. The minimum atomic E-state index is -0.425. The average Bonchev–Trinajstić information content (AvgIpc) is 3.22. The minimum absolute atomic E-state index is 0.0400. The zero-order chi connectivity index (χ0) is 21.2. The molecule has 162 valence electrons. The molecule has 4 nitrogen and oxygen atoms in total. The van der Waals surface area contributed by atoms with E-state index in [1.165, 1.54) is 11.1 Å². The van der Waals surface area contributed by atoms with Crippen LogP contribution in [-0.2, 0) is 14.3 Å². The van der Waals surface area contributed by atoms with E-state index in [-0.39, 0.29) is 24.1 Å². The minimum Gasteiger partial charge on any atom is -0.458 e. The summed E-state index contributed by atoms with van der Waals surface area (Å²) >= 11 is 0. The highest BCUT2D eigenvalue weighted by Crippen LogP contribution is 2.62. The first-order valence-electron chi connectivity index (χ1n) is 11.1. The summed E-state index contributed by atoms with van der Waals surface area (Å²) in [5.74, 6) is 0.482. The molecule has 2 saturated carbocycles. The molecule has 5 atom stereocenters. The van der Waals surface area contributed by atoms with E-state index in [4.69, 9.17) is 9.47 Å².